The summed E-state index contributed by atoms with van der Waals surface area (Å²) in [5.74, 6) is -0.292. The minimum absolute atomic E-state index is 0.145. The average molecular weight is 347 g/mol. The maximum atomic E-state index is 11.9. The van der Waals surface area contributed by atoms with Crippen LogP contribution >= 0.6 is 38.9 Å². The van der Waals surface area contributed by atoms with Crippen molar-refractivity contribution in [1.29, 1.82) is 0 Å². The number of aromatic nitrogens is 1. The lowest BCUT2D eigenvalue weighted by atomic mass is 10.2. The fourth-order valence-corrected chi connectivity index (χ4v) is 2.95. The SMILES string of the molecule is Nc1cnc(Cl)c(C(=O)NCc2sccc2Br)c1. The van der Waals surface area contributed by atoms with Crippen LogP contribution in [0.15, 0.2) is 28.2 Å². The summed E-state index contributed by atoms with van der Waals surface area (Å²) in [6.45, 7) is 0.433. The first-order valence-electron chi connectivity index (χ1n) is 4.99. The average Bonchev–Trinajstić information content (AvgIpc) is 2.75. The van der Waals surface area contributed by atoms with Crippen LogP contribution in [0, 0.1) is 0 Å². The smallest absolute Gasteiger partial charge is 0.254 e. The lowest BCUT2D eigenvalue weighted by Crippen LogP contribution is -2.23. The number of nitrogens with one attached hydrogen (secondary N) is 1. The molecule has 2 aromatic heterocycles. The number of carbonyl (C=O) groups excluding carboxylic acids is 1. The van der Waals surface area contributed by atoms with Crippen LogP contribution in [0.4, 0.5) is 5.69 Å². The first-order chi connectivity index (χ1) is 8.58. The van der Waals surface area contributed by atoms with Gasteiger partial charge in [-0.1, -0.05) is 11.6 Å². The summed E-state index contributed by atoms with van der Waals surface area (Å²) < 4.78 is 0.976. The molecule has 0 bridgehead atoms. The molecule has 0 radical (unpaired) electrons. The maximum Gasteiger partial charge on any atom is 0.254 e. The molecule has 2 heterocycles. The number of anilines is 1. The maximum absolute atomic E-state index is 11.9. The molecule has 0 aliphatic carbocycles. The molecule has 0 aliphatic heterocycles. The van der Waals surface area contributed by atoms with E-state index >= 15 is 0 Å². The fourth-order valence-electron chi connectivity index (χ4n) is 1.33. The van der Waals surface area contributed by atoms with Gasteiger partial charge in [-0.3, -0.25) is 4.79 Å². The van der Waals surface area contributed by atoms with Crippen molar-refractivity contribution in [2.45, 2.75) is 6.54 Å². The predicted molar refractivity (Wildman–Crippen MR) is 76.8 cm³/mol. The van der Waals surface area contributed by atoms with E-state index in [1.807, 2.05) is 11.4 Å². The van der Waals surface area contributed by atoms with E-state index in [2.05, 4.69) is 26.2 Å². The van der Waals surface area contributed by atoms with Crippen LogP contribution < -0.4 is 11.1 Å². The fraction of sp³-hybridized carbons (Fsp3) is 0.0909. The molecule has 0 aliphatic rings. The van der Waals surface area contributed by atoms with Gasteiger partial charge in [0.25, 0.3) is 5.91 Å². The zero-order chi connectivity index (χ0) is 13.1. The zero-order valence-electron chi connectivity index (χ0n) is 9.11. The van der Waals surface area contributed by atoms with Gasteiger partial charge in [-0.2, -0.15) is 0 Å². The van der Waals surface area contributed by atoms with Crippen LogP contribution in [0.5, 0.6) is 0 Å². The van der Waals surface area contributed by atoms with Crippen molar-refractivity contribution in [3.63, 3.8) is 0 Å². The van der Waals surface area contributed by atoms with Gasteiger partial charge in [-0.25, -0.2) is 4.98 Å². The third-order valence-electron chi connectivity index (χ3n) is 2.21. The number of pyridine rings is 1. The highest BCUT2D eigenvalue weighted by atomic mass is 79.9. The van der Waals surface area contributed by atoms with Gasteiger partial charge in [-0.15, -0.1) is 11.3 Å². The van der Waals surface area contributed by atoms with Gasteiger partial charge in [0.05, 0.1) is 24.0 Å². The first kappa shape index (κ1) is 13.3. The monoisotopic (exact) mass is 345 g/mol. The molecule has 0 fully saturated rings. The predicted octanol–water partition coefficient (Wildman–Crippen LogP) is 3.07. The molecule has 0 atom stereocenters. The molecule has 0 aromatic carbocycles. The van der Waals surface area contributed by atoms with Gasteiger partial charge >= 0.3 is 0 Å². The Kier molecular flexibility index (Phi) is 4.21. The number of amides is 1. The second-order valence-corrected chi connectivity index (χ2v) is 5.69. The minimum Gasteiger partial charge on any atom is -0.397 e. The number of thiophene rings is 1. The van der Waals surface area contributed by atoms with E-state index in [1.54, 1.807) is 11.3 Å². The molecule has 0 unspecified atom stereocenters. The summed E-state index contributed by atoms with van der Waals surface area (Å²) in [6, 6.07) is 3.44. The van der Waals surface area contributed by atoms with Crippen LogP contribution in [-0.2, 0) is 6.54 Å². The third kappa shape index (κ3) is 3.01. The van der Waals surface area contributed by atoms with Crippen molar-refractivity contribution in [3.8, 4) is 0 Å². The van der Waals surface area contributed by atoms with Crippen molar-refractivity contribution in [2.75, 3.05) is 5.73 Å². The Bertz CT molecular complexity index is 587. The largest absolute Gasteiger partial charge is 0.397 e. The molecule has 7 heteroatoms. The summed E-state index contributed by atoms with van der Waals surface area (Å²) in [4.78, 5) is 16.8. The van der Waals surface area contributed by atoms with Crippen molar-refractivity contribution in [3.05, 3.63) is 43.8 Å². The Morgan fingerprint density at radius 2 is 2.39 bits per heavy atom. The summed E-state index contributed by atoms with van der Waals surface area (Å²) in [6.07, 6.45) is 1.41. The number of carbonyl (C=O) groups is 1. The molecular weight excluding hydrogens is 338 g/mol. The van der Waals surface area contributed by atoms with Gasteiger partial charge < -0.3 is 11.1 Å². The van der Waals surface area contributed by atoms with E-state index in [0.29, 0.717) is 12.2 Å². The molecule has 4 nitrogen and oxygen atoms in total. The van der Waals surface area contributed by atoms with Gasteiger partial charge in [0, 0.05) is 9.35 Å². The molecule has 0 saturated heterocycles. The highest BCUT2D eigenvalue weighted by Crippen LogP contribution is 2.22. The number of rotatable bonds is 3. The Morgan fingerprint density at radius 3 is 3.06 bits per heavy atom. The quantitative estimate of drug-likeness (QED) is 0.839. The number of nitrogens with zero attached hydrogens (tertiary/aromatic N) is 1. The molecule has 3 N–H and O–H groups in total. The third-order valence-corrected chi connectivity index (χ3v) is 4.43. The Hall–Kier alpha value is -1.11. The standard InChI is InChI=1S/C11H9BrClN3OS/c12-8-1-2-18-9(8)5-16-11(17)7-3-6(14)4-15-10(7)13/h1-4H,5,14H2,(H,16,17). The Labute approximate surface area is 121 Å². The molecule has 0 spiro atoms. The molecule has 0 saturated carbocycles. The van der Waals surface area contributed by atoms with Gasteiger partial charge in [0.15, 0.2) is 0 Å². The van der Waals surface area contributed by atoms with Crippen LogP contribution in [0.3, 0.4) is 0 Å². The molecule has 94 valence electrons. The number of nitrogens with two attached hydrogens (primary N) is 1. The van der Waals surface area contributed by atoms with Gasteiger partial charge in [0.1, 0.15) is 5.15 Å². The van der Waals surface area contributed by atoms with Crippen LogP contribution in [0.1, 0.15) is 15.2 Å². The normalized spacial score (nSPS) is 10.3. The molecule has 1 amide bonds. The lowest BCUT2D eigenvalue weighted by Gasteiger charge is -2.06. The van der Waals surface area contributed by atoms with Gasteiger partial charge in [0.2, 0.25) is 0 Å². The van der Waals surface area contributed by atoms with Crippen LogP contribution in [0.25, 0.3) is 0 Å². The Balaban J connectivity index is 2.08. The van der Waals surface area contributed by atoms with Crippen molar-refractivity contribution < 1.29 is 4.79 Å². The Morgan fingerprint density at radius 1 is 1.61 bits per heavy atom. The molecule has 2 aromatic rings. The molecular formula is C11H9BrClN3OS. The highest BCUT2D eigenvalue weighted by Gasteiger charge is 2.12. The first-order valence-corrected chi connectivity index (χ1v) is 7.04. The van der Waals surface area contributed by atoms with Crippen LogP contribution in [0.2, 0.25) is 5.15 Å². The van der Waals surface area contributed by atoms with E-state index in [4.69, 9.17) is 17.3 Å². The summed E-state index contributed by atoms with van der Waals surface area (Å²) >= 11 is 10.8. The van der Waals surface area contributed by atoms with Gasteiger partial charge in [-0.05, 0) is 33.4 Å². The van der Waals surface area contributed by atoms with Crippen molar-refractivity contribution in [1.82, 2.24) is 10.3 Å². The molecule has 18 heavy (non-hydrogen) atoms. The van der Waals surface area contributed by atoms with Crippen LogP contribution in [-0.4, -0.2) is 10.9 Å². The second-order valence-electron chi connectivity index (χ2n) is 3.48. The number of halogens is 2. The van der Waals surface area contributed by atoms with E-state index < -0.39 is 0 Å². The lowest BCUT2D eigenvalue weighted by molar-refractivity contribution is 0.0951. The van der Waals surface area contributed by atoms with E-state index in [-0.39, 0.29) is 16.6 Å². The van der Waals surface area contributed by atoms with E-state index in [1.165, 1.54) is 12.3 Å². The summed E-state index contributed by atoms with van der Waals surface area (Å²) in [5, 5.41) is 4.86. The van der Waals surface area contributed by atoms with Crippen molar-refractivity contribution in [2.24, 2.45) is 0 Å². The van der Waals surface area contributed by atoms with Crippen molar-refractivity contribution >= 4 is 50.5 Å². The number of hydrogen-bond donors (Lipinski definition) is 2. The topological polar surface area (TPSA) is 68.0 Å². The number of hydrogen-bond acceptors (Lipinski definition) is 4. The number of nitrogen functional groups attached to an aromatic ring is 1. The van der Waals surface area contributed by atoms with E-state index in [0.717, 1.165) is 9.35 Å². The summed E-state index contributed by atoms with van der Waals surface area (Å²) in [7, 11) is 0. The minimum atomic E-state index is -0.292. The highest BCUT2D eigenvalue weighted by molar-refractivity contribution is 9.10. The second kappa shape index (κ2) is 5.69. The molecule has 2 rings (SSSR count). The van der Waals surface area contributed by atoms with E-state index in [9.17, 15) is 4.79 Å². The zero-order valence-corrected chi connectivity index (χ0v) is 12.3. The summed E-state index contributed by atoms with van der Waals surface area (Å²) in [5.41, 5.74) is 6.26.